The van der Waals surface area contributed by atoms with Crippen LogP contribution >= 0.6 is 27.7 Å². The molecule has 0 saturated heterocycles. The fourth-order valence-electron chi connectivity index (χ4n) is 2.11. The number of aryl methyl sites for hydroxylation is 1. The number of imidazole rings is 1. The van der Waals surface area contributed by atoms with Crippen LogP contribution < -0.4 is 5.32 Å². The number of nitrogens with zero attached hydrogens (tertiary/aromatic N) is 2. The highest BCUT2D eigenvalue weighted by molar-refractivity contribution is 9.10. The Kier molecular flexibility index (Phi) is 4.49. The Morgan fingerprint density at radius 3 is 2.68 bits per heavy atom. The van der Waals surface area contributed by atoms with Crippen LogP contribution in [-0.4, -0.2) is 21.2 Å². The number of carbonyl (C=O) groups is 1. The van der Waals surface area contributed by atoms with E-state index in [0.717, 1.165) is 26.3 Å². The molecule has 112 valence electrons. The monoisotopic (exact) mass is 375 g/mol. The fourth-order valence-corrected chi connectivity index (χ4v) is 3.16. The van der Waals surface area contributed by atoms with Gasteiger partial charge >= 0.3 is 0 Å². The maximum atomic E-state index is 12.0. The van der Waals surface area contributed by atoms with Crippen molar-refractivity contribution in [3.63, 3.8) is 0 Å². The summed E-state index contributed by atoms with van der Waals surface area (Å²) in [7, 11) is 1.96. The predicted octanol–water partition coefficient (Wildman–Crippen LogP) is 4.07. The fraction of sp³-hybridized carbons (Fsp3) is 0.125. The largest absolute Gasteiger partial charge is 0.325 e. The summed E-state index contributed by atoms with van der Waals surface area (Å²) >= 11 is 4.80. The first-order chi connectivity index (χ1) is 10.6. The van der Waals surface area contributed by atoms with Crippen LogP contribution in [0, 0.1) is 0 Å². The molecule has 0 bridgehead atoms. The van der Waals surface area contributed by atoms with E-state index in [1.165, 1.54) is 11.8 Å². The van der Waals surface area contributed by atoms with Crippen molar-refractivity contribution in [2.24, 2.45) is 7.05 Å². The number of amides is 1. The van der Waals surface area contributed by atoms with Gasteiger partial charge in [-0.15, -0.1) is 0 Å². The average molecular weight is 376 g/mol. The van der Waals surface area contributed by atoms with E-state index < -0.39 is 0 Å². The van der Waals surface area contributed by atoms with E-state index >= 15 is 0 Å². The van der Waals surface area contributed by atoms with E-state index in [9.17, 15) is 4.79 Å². The van der Waals surface area contributed by atoms with Crippen LogP contribution in [0.3, 0.4) is 0 Å². The van der Waals surface area contributed by atoms with Gasteiger partial charge in [-0.25, -0.2) is 4.98 Å². The number of carbonyl (C=O) groups excluding carboxylic acids is 1. The Morgan fingerprint density at radius 2 is 1.95 bits per heavy atom. The summed E-state index contributed by atoms with van der Waals surface area (Å²) in [6.07, 6.45) is 0. The van der Waals surface area contributed by atoms with Crippen molar-refractivity contribution in [2.45, 2.75) is 5.16 Å². The molecule has 0 radical (unpaired) electrons. The number of hydrogen-bond acceptors (Lipinski definition) is 3. The summed E-state index contributed by atoms with van der Waals surface area (Å²) in [5.41, 5.74) is 2.80. The molecule has 1 heterocycles. The highest BCUT2D eigenvalue weighted by Gasteiger charge is 2.10. The molecule has 0 saturated carbocycles. The molecule has 1 N–H and O–H groups in total. The maximum Gasteiger partial charge on any atom is 0.234 e. The lowest BCUT2D eigenvalue weighted by Gasteiger charge is -2.05. The number of hydrogen-bond donors (Lipinski definition) is 1. The van der Waals surface area contributed by atoms with Crippen molar-refractivity contribution >= 4 is 50.3 Å². The standard InChI is InChI=1S/C16H14BrN3OS/c1-20-14-5-3-2-4-13(14)19-16(20)22-10-15(21)18-12-8-6-11(17)7-9-12/h2-9H,10H2,1H3,(H,18,21). The zero-order valence-electron chi connectivity index (χ0n) is 11.9. The van der Waals surface area contributed by atoms with Crippen LogP contribution in [0.4, 0.5) is 5.69 Å². The smallest absolute Gasteiger partial charge is 0.234 e. The second-order valence-corrected chi connectivity index (χ2v) is 6.64. The number of thioether (sulfide) groups is 1. The van der Waals surface area contributed by atoms with Gasteiger partial charge in [0.05, 0.1) is 16.8 Å². The average Bonchev–Trinajstić information content (AvgIpc) is 2.84. The minimum absolute atomic E-state index is 0.0422. The van der Waals surface area contributed by atoms with Crippen LogP contribution in [-0.2, 0) is 11.8 Å². The molecule has 0 aliphatic carbocycles. The molecule has 0 atom stereocenters. The van der Waals surface area contributed by atoms with Gasteiger partial charge in [-0.1, -0.05) is 39.8 Å². The molecular weight excluding hydrogens is 362 g/mol. The summed E-state index contributed by atoms with van der Waals surface area (Å²) in [6, 6.07) is 15.5. The highest BCUT2D eigenvalue weighted by Crippen LogP contribution is 2.23. The number of anilines is 1. The molecule has 3 aromatic rings. The number of fused-ring (bicyclic) bond motifs is 1. The molecule has 0 fully saturated rings. The summed E-state index contributed by atoms with van der Waals surface area (Å²) in [5.74, 6) is 0.284. The van der Waals surface area contributed by atoms with Gasteiger partial charge in [0, 0.05) is 17.2 Å². The Bertz CT molecular complexity index is 814. The topological polar surface area (TPSA) is 46.9 Å². The van der Waals surface area contributed by atoms with Crippen LogP contribution in [0.25, 0.3) is 11.0 Å². The first-order valence-corrected chi connectivity index (χ1v) is 8.51. The Labute approximate surface area is 141 Å². The number of halogens is 1. The minimum atomic E-state index is -0.0422. The summed E-state index contributed by atoms with van der Waals surface area (Å²) in [6.45, 7) is 0. The molecule has 3 rings (SSSR count). The van der Waals surface area contributed by atoms with E-state index in [2.05, 4.69) is 26.2 Å². The summed E-state index contributed by atoms with van der Waals surface area (Å²) in [4.78, 5) is 16.6. The van der Waals surface area contributed by atoms with Gasteiger partial charge in [0.2, 0.25) is 5.91 Å². The van der Waals surface area contributed by atoms with Crippen molar-refractivity contribution in [1.82, 2.24) is 9.55 Å². The highest BCUT2D eigenvalue weighted by atomic mass is 79.9. The molecule has 1 amide bonds. The molecule has 1 aromatic heterocycles. The first kappa shape index (κ1) is 15.1. The van der Waals surface area contributed by atoms with Gasteiger partial charge < -0.3 is 9.88 Å². The molecule has 22 heavy (non-hydrogen) atoms. The van der Waals surface area contributed by atoms with Crippen molar-refractivity contribution in [3.8, 4) is 0 Å². The number of rotatable bonds is 4. The van der Waals surface area contributed by atoms with Gasteiger partial charge in [0.25, 0.3) is 0 Å². The normalized spacial score (nSPS) is 10.8. The molecular formula is C16H14BrN3OS. The summed E-state index contributed by atoms with van der Waals surface area (Å²) < 4.78 is 2.99. The van der Waals surface area contributed by atoms with E-state index in [-0.39, 0.29) is 5.91 Å². The van der Waals surface area contributed by atoms with Crippen LogP contribution in [0.2, 0.25) is 0 Å². The second-order valence-electron chi connectivity index (χ2n) is 4.79. The Hall–Kier alpha value is -1.79. The van der Waals surface area contributed by atoms with Gasteiger partial charge in [-0.3, -0.25) is 4.79 Å². The van der Waals surface area contributed by atoms with Crippen molar-refractivity contribution in [2.75, 3.05) is 11.1 Å². The number of nitrogens with one attached hydrogen (secondary N) is 1. The molecule has 0 aliphatic rings. The van der Waals surface area contributed by atoms with Gasteiger partial charge in [0.1, 0.15) is 0 Å². The van der Waals surface area contributed by atoms with Crippen molar-refractivity contribution < 1.29 is 4.79 Å². The molecule has 0 aliphatic heterocycles. The lowest BCUT2D eigenvalue weighted by molar-refractivity contribution is -0.113. The molecule has 0 spiro atoms. The van der Waals surface area contributed by atoms with Crippen LogP contribution in [0.5, 0.6) is 0 Å². The molecule has 0 unspecified atom stereocenters. The summed E-state index contributed by atoms with van der Waals surface area (Å²) in [5, 5.41) is 3.71. The van der Waals surface area contributed by atoms with E-state index in [4.69, 9.17) is 0 Å². The molecule has 2 aromatic carbocycles. The van der Waals surface area contributed by atoms with E-state index in [0.29, 0.717) is 5.75 Å². The number of para-hydroxylation sites is 2. The number of aromatic nitrogens is 2. The van der Waals surface area contributed by atoms with E-state index in [1.807, 2.05) is 60.1 Å². The predicted molar refractivity (Wildman–Crippen MR) is 94.2 cm³/mol. The first-order valence-electron chi connectivity index (χ1n) is 6.73. The number of benzene rings is 2. The van der Waals surface area contributed by atoms with Gasteiger partial charge in [-0.2, -0.15) is 0 Å². The Balaban J connectivity index is 1.64. The lowest BCUT2D eigenvalue weighted by atomic mass is 10.3. The van der Waals surface area contributed by atoms with Crippen LogP contribution in [0.15, 0.2) is 58.2 Å². The zero-order valence-corrected chi connectivity index (χ0v) is 14.3. The zero-order chi connectivity index (χ0) is 15.5. The third-order valence-corrected chi connectivity index (χ3v) is 4.76. The quantitative estimate of drug-likeness (QED) is 0.699. The Morgan fingerprint density at radius 1 is 1.23 bits per heavy atom. The maximum absolute atomic E-state index is 12.0. The van der Waals surface area contributed by atoms with Crippen LogP contribution in [0.1, 0.15) is 0 Å². The molecule has 4 nitrogen and oxygen atoms in total. The second kappa shape index (κ2) is 6.54. The van der Waals surface area contributed by atoms with Gasteiger partial charge in [0.15, 0.2) is 5.16 Å². The third kappa shape index (κ3) is 3.34. The lowest BCUT2D eigenvalue weighted by Crippen LogP contribution is -2.14. The third-order valence-electron chi connectivity index (χ3n) is 3.21. The van der Waals surface area contributed by atoms with E-state index in [1.54, 1.807) is 0 Å². The van der Waals surface area contributed by atoms with Crippen molar-refractivity contribution in [1.29, 1.82) is 0 Å². The molecule has 6 heteroatoms. The minimum Gasteiger partial charge on any atom is -0.325 e. The van der Waals surface area contributed by atoms with Crippen molar-refractivity contribution in [3.05, 3.63) is 53.0 Å². The SMILES string of the molecule is Cn1c(SCC(=O)Nc2ccc(Br)cc2)nc2ccccc21. The van der Waals surface area contributed by atoms with Gasteiger partial charge in [-0.05, 0) is 36.4 Å².